The lowest BCUT2D eigenvalue weighted by atomic mass is 10.0. The number of nitrogens with zero attached hydrogens (tertiary/aromatic N) is 3. The number of hydrogen-bond donors (Lipinski definition) is 0. The minimum atomic E-state index is -0.163. The van der Waals surface area contributed by atoms with E-state index in [2.05, 4.69) is 20.9 Å². The molecule has 0 saturated carbocycles. The Bertz CT molecular complexity index is 919. The van der Waals surface area contributed by atoms with E-state index in [4.69, 9.17) is 5.26 Å². The second-order valence-electron chi connectivity index (χ2n) is 4.56. The first kappa shape index (κ1) is 14.0. The van der Waals surface area contributed by atoms with Crippen molar-refractivity contribution in [1.29, 1.82) is 5.26 Å². The lowest BCUT2D eigenvalue weighted by Gasteiger charge is -2.03. The maximum atomic E-state index is 12.6. The van der Waals surface area contributed by atoms with Crippen LogP contribution in [0.1, 0.15) is 4.88 Å². The number of nitriles is 1. The minimum absolute atomic E-state index is 0.0104. The third kappa shape index (κ3) is 2.39. The van der Waals surface area contributed by atoms with Crippen LogP contribution >= 0.6 is 27.3 Å². The molecule has 0 fully saturated rings. The van der Waals surface area contributed by atoms with Gasteiger partial charge in [0, 0.05) is 14.9 Å². The first-order chi connectivity index (χ1) is 10.1. The molecule has 0 bridgehead atoms. The van der Waals surface area contributed by atoms with Gasteiger partial charge in [0.2, 0.25) is 0 Å². The van der Waals surface area contributed by atoms with Gasteiger partial charge in [0.05, 0.1) is 11.5 Å². The van der Waals surface area contributed by atoms with Gasteiger partial charge in [0.15, 0.2) is 0 Å². The third-order valence-electron chi connectivity index (χ3n) is 3.23. The largest absolute Gasteiger partial charge is 0.285 e. The van der Waals surface area contributed by atoms with Gasteiger partial charge < -0.3 is 0 Å². The maximum Gasteiger partial charge on any atom is 0.263 e. The molecule has 0 aliphatic heterocycles. The Morgan fingerprint density at radius 3 is 2.76 bits per heavy atom. The fourth-order valence-corrected chi connectivity index (χ4v) is 3.56. The van der Waals surface area contributed by atoms with Gasteiger partial charge in [-0.25, -0.2) is 4.98 Å². The Balaban J connectivity index is 2.34. The fraction of sp³-hybridized carbons (Fsp3) is 0.133. The molecule has 1 aromatic carbocycles. The first-order valence-electron chi connectivity index (χ1n) is 6.23. The third-order valence-corrected chi connectivity index (χ3v) is 4.77. The number of hydrogen-bond acceptors (Lipinski definition) is 4. The van der Waals surface area contributed by atoms with E-state index in [1.807, 2.05) is 37.3 Å². The van der Waals surface area contributed by atoms with Crippen molar-refractivity contribution in [1.82, 2.24) is 9.55 Å². The monoisotopic (exact) mass is 359 g/mol. The van der Waals surface area contributed by atoms with Crippen LogP contribution in [0.3, 0.4) is 0 Å². The molecule has 0 spiro atoms. The minimum Gasteiger partial charge on any atom is -0.285 e. The summed E-state index contributed by atoms with van der Waals surface area (Å²) in [4.78, 5) is 18.6. The standard InChI is InChI=1S/C15H10BrN3OS/c1-9-12(10-2-4-11(16)5-3-10)13-14(21-9)18-8-19(7-6-17)15(13)20/h2-5,8H,7H2,1H3. The van der Waals surface area contributed by atoms with Crippen molar-refractivity contribution in [3.63, 3.8) is 0 Å². The summed E-state index contributed by atoms with van der Waals surface area (Å²) >= 11 is 4.91. The molecule has 0 amide bonds. The summed E-state index contributed by atoms with van der Waals surface area (Å²) < 4.78 is 2.33. The molecule has 2 aromatic heterocycles. The number of thiophene rings is 1. The van der Waals surface area contributed by atoms with Gasteiger partial charge in [-0.3, -0.25) is 9.36 Å². The van der Waals surface area contributed by atoms with Gasteiger partial charge in [-0.2, -0.15) is 5.26 Å². The van der Waals surface area contributed by atoms with Crippen LogP contribution < -0.4 is 5.56 Å². The molecule has 104 valence electrons. The fourth-order valence-electron chi connectivity index (χ4n) is 2.29. The van der Waals surface area contributed by atoms with Crippen molar-refractivity contribution in [3.05, 3.63) is 50.3 Å². The van der Waals surface area contributed by atoms with Crippen molar-refractivity contribution in [3.8, 4) is 17.2 Å². The predicted octanol–water partition coefficient (Wildman–Crippen LogP) is 3.72. The highest BCUT2D eigenvalue weighted by Gasteiger charge is 2.16. The van der Waals surface area contributed by atoms with Gasteiger partial charge in [-0.15, -0.1) is 11.3 Å². The summed E-state index contributed by atoms with van der Waals surface area (Å²) in [5.41, 5.74) is 1.73. The molecule has 21 heavy (non-hydrogen) atoms. The summed E-state index contributed by atoms with van der Waals surface area (Å²) in [6.45, 7) is 1.99. The van der Waals surface area contributed by atoms with Crippen LogP contribution in [0, 0.1) is 18.3 Å². The van der Waals surface area contributed by atoms with Crippen LogP contribution in [0.25, 0.3) is 21.3 Å². The van der Waals surface area contributed by atoms with Crippen LogP contribution in [0.2, 0.25) is 0 Å². The number of fused-ring (bicyclic) bond motifs is 1. The number of halogens is 1. The van der Waals surface area contributed by atoms with E-state index in [9.17, 15) is 4.79 Å². The topological polar surface area (TPSA) is 58.7 Å². The Morgan fingerprint density at radius 1 is 1.38 bits per heavy atom. The summed E-state index contributed by atoms with van der Waals surface area (Å²) in [5, 5.41) is 9.39. The molecule has 6 heteroatoms. The quantitative estimate of drug-likeness (QED) is 0.700. The van der Waals surface area contributed by atoms with Gasteiger partial charge in [0.25, 0.3) is 5.56 Å². The summed E-state index contributed by atoms with van der Waals surface area (Å²) in [5.74, 6) is 0. The van der Waals surface area contributed by atoms with Crippen molar-refractivity contribution < 1.29 is 0 Å². The van der Waals surface area contributed by atoms with E-state index in [1.54, 1.807) is 0 Å². The van der Waals surface area contributed by atoms with E-state index < -0.39 is 0 Å². The summed E-state index contributed by atoms with van der Waals surface area (Å²) in [6, 6.07) is 9.82. The van der Waals surface area contributed by atoms with Crippen LogP contribution in [0.4, 0.5) is 0 Å². The number of aromatic nitrogens is 2. The molecule has 0 aliphatic rings. The van der Waals surface area contributed by atoms with E-state index in [1.165, 1.54) is 22.2 Å². The van der Waals surface area contributed by atoms with Crippen molar-refractivity contribution in [2.45, 2.75) is 13.5 Å². The zero-order valence-electron chi connectivity index (χ0n) is 11.1. The van der Waals surface area contributed by atoms with E-state index in [-0.39, 0.29) is 12.1 Å². The molecular formula is C15H10BrN3OS. The molecule has 3 aromatic rings. The van der Waals surface area contributed by atoms with Gasteiger partial charge in [0.1, 0.15) is 17.7 Å². The Morgan fingerprint density at radius 2 is 2.10 bits per heavy atom. The second-order valence-corrected chi connectivity index (χ2v) is 6.67. The van der Waals surface area contributed by atoms with Crippen LogP contribution in [-0.4, -0.2) is 9.55 Å². The summed E-state index contributed by atoms with van der Waals surface area (Å²) in [6.07, 6.45) is 1.44. The highest BCUT2D eigenvalue weighted by Crippen LogP contribution is 2.35. The molecule has 4 nitrogen and oxygen atoms in total. The number of benzene rings is 1. The van der Waals surface area contributed by atoms with Crippen LogP contribution in [0.5, 0.6) is 0 Å². The number of aryl methyl sites for hydroxylation is 1. The predicted molar refractivity (Wildman–Crippen MR) is 87.4 cm³/mol. The first-order valence-corrected chi connectivity index (χ1v) is 7.84. The SMILES string of the molecule is Cc1sc2ncn(CC#N)c(=O)c2c1-c1ccc(Br)cc1. The van der Waals surface area contributed by atoms with E-state index >= 15 is 0 Å². The van der Waals surface area contributed by atoms with E-state index in [0.29, 0.717) is 10.2 Å². The summed E-state index contributed by atoms with van der Waals surface area (Å²) in [7, 11) is 0. The van der Waals surface area contributed by atoms with Crippen LogP contribution in [-0.2, 0) is 6.54 Å². The normalized spacial score (nSPS) is 10.7. The Kier molecular flexibility index (Phi) is 3.62. The van der Waals surface area contributed by atoms with Crippen molar-refractivity contribution >= 4 is 37.5 Å². The molecule has 0 saturated heterocycles. The van der Waals surface area contributed by atoms with Gasteiger partial charge in [-0.1, -0.05) is 28.1 Å². The zero-order chi connectivity index (χ0) is 15.0. The number of rotatable bonds is 2. The molecule has 3 rings (SSSR count). The smallest absolute Gasteiger partial charge is 0.263 e. The molecule has 0 atom stereocenters. The van der Waals surface area contributed by atoms with Crippen LogP contribution in [0.15, 0.2) is 39.9 Å². The Labute approximate surface area is 133 Å². The average molecular weight is 360 g/mol. The molecule has 2 heterocycles. The Hall–Kier alpha value is -1.97. The molecular weight excluding hydrogens is 350 g/mol. The molecule has 0 N–H and O–H groups in total. The highest BCUT2D eigenvalue weighted by molar-refractivity contribution is 9.10. The zero-order valence-corrected chi connectivity index (χ0v) is 13.5. The van der Waals surface area contributed by atoms with Gasteiger partial charge in [-0.05, 0) is 24.6 Å². The molecule has 0 unspecified atom stereocenters. The molecule has 0 aliphatic carbocycles. The highest BCUT2D eigenvalue weighted by atomic mass is 79.9. The second kappa shape index (κ2) is 5.43. The maximum absolute atomic E-state index is 12.6. The van der Waals surface area contributed by atoms with Crippen molar-refractivity contribution in [2.24, 2.45) is 0 Å². The van der Waals surface area contributed by atoms with Gasteiger partial charge >= 0.3 is 0 Å². The lowest BCUT2D eigenvalue weighted by molar-refractivity contribution is 0.777. The molecule has 0 radical (unpaired) electrons. The lowest BCUT2D eigenvalue weighted by Crippen LogP contribution is -2.19. The van der Waals surface area contributed by atoms with E-state index in [0.717, 1.165) is 20.5 Å². The average Bonchev–Trinajstić information content (AvgIpc) is 2.80. The van der Waals surface area contributed by atoms with Crippen molar-refractivity contribution in [2.75, 3.05) is 0 Å².